The standard InChI is InChI=1S/C59H106O6/c1-4-7-10-13-16-19-22-25-27-28-29-30-32-34-37-40-43-46-49-52-58(61)64-55-56(54-63-57(60)51-48-45-42-39-36-33-24-21-18-15-12-9-6-3)65-59(62)53-50-47-44-41-38-35-31-26-23-20-17-14-11-8-5-2/h9,12,15,18,21,24,33,36,56H,4-8,10-11,13-14,16-17,19-20,22-23,25-32,34-35,37-55H2,1-3H3/b12-9-,18-15-,24-21-,36-33-. The van der Waals surface area contributed by atoms with Crippen molar-refractivity contribution in [2.24, 2.45) is 0 Å². The number of unbranched alkanes of at least 4 members (excludes halogenated alkanes) is 35. The van der Waals surface area contributed by atoms with Crippen molar-refractivity contribution in [3.8, 4) is 0 Å². The molecular formula is C59H106O6. The maximum absolute atomic E-state index is 12.8. The van der Waals surface area contributed by atoms with E-state index in [1.54, 1.807) is 0 Å². The van der Waals surface area contributed by atoms with E-state index in [0.717, 1.165) is 70.6 Å². The summed E-state index contributed by atoms with van der Waals surface area (Å²) < 4.78 is 16.8. The van der Waals surface area contributed by atoms with Crippen molar-refractivity contribution >= 4 is 17.9 Å². The zero-order valence-electron chi connectivity index (χ0n) is 43.3. The van der Waals surface area contributed by atoms with Gasteiger partial charge in [0.05, 0.1) is 0 Å². The van der Waals surface area contributed by atoms with Gasteiger partial charge in [0.25, 0.3) is 0 Å². The first-order chi connectivity index (χ1) is 32.0. The number of carbonyl (C=O) groups excluding carboxylic acids is 3. The third-order valence-electron chi connectivity index (χ3n) is 12.4. The van der Waals surface area contributed by atoms with Gasteiger partial charge in [0.15, 0.2) is 6.10 Å². The van der Waals surface area contributed by atoms with Gasteiger partial charge in [0, 0.05) is 19.3 Å². The molecule has 0 aromatic heterocycles. The molecule has 0 aliphatic rings. The van der Waals surface area contributed by atoms with Gasteiger partial charge in [-0.05, 0) is 38.5 Å². The van der Waals surface area contributed by atoms with Crippen molar-refractivity contribution in [1.29, 1.82) is 0 Å². The molecule has 378 valence electrons. The van der Waals surface area contributed by atoms with Gasteiger partial charge in [-0.15, -0.1) is 0 Å². The second-order valence-electron chi connectivity index (χ2n) is 18.9. The number of hydrogen-bond acceptors (Lipinski definition) is 6. The molecule has 0 aromatic rings. The van der Waals surface area contributed by atoms with E-state index in [2.05, 4.69) is 39.0 Å². The Bertz CT molecular complexity index is 1140. The van der Waals surface area contributed by atoms with Gasteiger partial charge in [0.2, 0.25) is 0 Å². The largest absolute Gasteiger partial charge is 0.462 e. The minimum absolute atomic E-state index is 0.0815. The van der Waals surface area contributed by atoms with Crippen molar-refractivity contribution < 1.29 is 28.6 Å². The first kappa shape index (κ1) is 62.4. The molecule has 1 atom stereocenters. The molecule has 0 rings (SSSR count). The predicted octanol–water partition coefficient (Wildman–Crippen LogP) is 18.7. The van der Waals surface area contributed by atoms with E-state index in [1.807, 2.05) is 30.4 Å². The zero-order chi connectivity index (χ0) is 47.2. The average Bonchev–Trinajstić information content (AvgIpc) is 3.30. The highest BCUT2D eigenvalue weighted by Crippen LogP contribution is 2.17. The molecule has 0 N–H and O–H groups in total. The third kappa shape index (κ3) is 52.2. The lowest BCUT2D eigenvalue weighted by Crippen LogP contribution is -2.30. The van der Waals surface area contributed by atoms with Crippen LogP contribution in [0.5, 0.6) is 0 Å². The van der Waals surface area contributed by atoms with Crippen LogP contribution in [-0.2, 0) is 28.6 Å². The molecule has 0 amide bonds. The molecule has 6 nitrogen and oxygen atoms in total. The van der Waals surface area contributed by atoms with Crippen LogP contribution in [0.3, 0.4) is 0 Å². The highest BCUT2D eigenvalue weighted by atomic mass is 16.6. The Morgan fingerprint density at radius 2 is 0.600 bits per heavy atom. The summed E-state index contributed by atoms with van der Waals surface area (Å²) in [7, 11) is 0. The van der Waals surface area contributed by atoms with E-state index < -0.39 is 6.10 Å². The van der Waals surface area contributed by atoms with Crippen LogP contribution in [0.1, 0.15) is 290 Å². The Balaban J connectivity index is 4.34. The van der Waals surface area contributed by atoms with Gasteiger partial charge < -0.3 is 14.2 Å². The summed E-state index contributed by atoms with van der Waals surface area (Å²) in [4.78, 5) is 38.1. The number of rotatable bonds is 51. The molecule has 0 bridgehead atoms. The van der Waals surface area contributed by atoms with Crippen LogP contribution in [-0.4, -0.2) is 37.2 Å². The van der Waals surface area contributed by atoms with E-state index in [4.69, 9.17) is 14.2 Å². The quantitative estimate of drug-likeness (QED) is 0.0262. The lowest BCUT2D eigenvalue weighted by Gasteiger charge is -2.18. The van der Waals surface area contributed by atoms with E-state index in [-0.39, 0.29) is 31.1 Å². The van der Waals surface area contributed by atoms with Crippen molar-refractivity contribution in [1.82, 2.24) is 0 Å². The Kier molecular flexibility index (Phi) is 51.8. The van der Waals surface area contributed by atoms with Gasteiger partial charge in [-0.3, -0.25) is 14.4 Å². The van der Waals surface area contributed by atoms with Crippen LogP contribution in [0, 0.1) is 0 Å². The first-order valence-corrected chi connectivity index (χ1v) is 28.2. The van der Waals surface area contributed by atoms with Crippen molar-refractivity contribution in [2.45, 2.75) is 297 Å². The highest BCUT2D eigenvalue weighted by Gasteiger charge is 2.19. The second kappa shape index (κ2) is 54.0. The highest BCUT2D eigenvalue weighted by molar-refractivity contribution is 5.71. The summed E-state index contributed by atoms with van der Waals surface area (Å²) in [6.07, 6.45) is 65.3. The maximum atomic E-state index is 12.8. The molecule has 6 heteroatoms. The third-order valence-corrected chi connectivity index (χ3v) is 12.4. The Hall–Kier alpha value is -2.63. The van der Waals surface area contributed by atoms with Crippen LogP contribution in [0.15, 0.2) is 48.6 Å². The lowest BCUT2D eigenvalue weighted by atomic mass is 10.0. The monoisotopic (exact) mass is 911 g/mol. The lowest BCUT2D eigenvalue weighted by molar-refractivity contribution is -0.167. The summed E-state index contributed by atoms with van der Waals surface area (Å²) in [6.45, 7) is 6.50. The van der Waals surface area contributed by atoms with Crippen LogP contribution in [0.4, 0.5) is 0 Å². The molecule has 0 fully saturated rings. The Labute approximate surface area is 403 Å². The van der Waals surface area contributed by atoms with Crippen LogP contribution in [0.2, 0.25) is 0 Å². The van der Waals surface area contributed by atoms with Gasteiger partial charge in [-0.1, -0.05) is 281 Å². The minimum Gasteiger partial charge on any atom is -0.462 e. The summed E-state index contributed by atoms with van der Waals surface area (Å²) >= 11 is 0. The Morgan fingerprint density at radius 3 is 0.938 bits per heavy atom. The van der Waals surface area contributed by atoms with E-state index >= 15 is 0 Å². The predicted molar refractivity (Wildman–Crippen MR) is 279 cm³/mol. The molecule has 0 spiro atoms. The summed E-state index contributed by atoms with van der Waals surface area (Å²) in [5.41, 5.74) is 0. The van der Waals surface area contributed by atoms with Crippen molar-refractivity contribution in [3.63, 3.8) is 0 Å². The van der Waals surface area contributed by atoms with Gasteiger partial charge in [0.1, 0.15) is 13.2 Å². The molecule has 0 saturated heterocycles. The fourth-order valence-corrected chi connectivity index (χ4v) is 8.22. The Morgan fingerprint density at radius 1 is 0.323 bits per heavy atom. The summed E-state index contributed by atoms with van der Waals surface area (Å²) in [5.74, 6) is -0.906. The van der Waals surface area contributed by atoms with Crippen LogP contribution < -0.4 is 0 Å². The van der Waals surface area contributed by atoms with Gasteiger partial charge in [-0.25, -0.2) is 0 Å². The molecule has 0 aliphatic heterocycles. The topological polar surface area (TPSA) is 78.9 Å². The molecule has 0 aromatic carbocycles. The average molecular weight is 911 g/mol. The molecule has 0 heterocycles. The fraction of sp³-hybridized carbons (Fsp3) is 0.814. The van der Waals surface area contributed by atoms with Gasteiger partial charge in [-0.2, -0.15) is 0 Å². The normalized spacial score (nSPS) is 12.4. The fourth-order valence-electron chi connectivity index (χ4n) is 8.22. The summed E-state index contributed by atoms with van der Waals surface area (Å²) in [5, 5.41) is 0. The van der Waals surface area contributed by atoms with E-state index in [0.29, 0.717) is 19.3 Å². The molecule has 1 unspecified atom stereocenters. The van der Waals surface area contributed by atoms with E-state index in [9.17, 15) is 14.4 Å². The molecule has 65 heavy (non-hydrogen) atoms. The number of allylic oxidation sites excluding steroid dienone is 8. The maximum Gasteiger partial charge on any atom is 0.306 e. The molecule has 0 saturated carbocycles. The smallest absolute Gasteiger partial charge is 0.306 e. The molecular weight excluding hydrogens is 805 g/mol. The van der Waals surface area contributed by atoms with Crippen LogP contribution >= 0.6 is 0 Å². The van der Waals surface area contributed by atoms with Crippen LogP contribution in [0.25, 0.3) is 0 Å². The first-order valence-electron chi connectivity index (χ1n) is 28.2. The number of esters is 3. The number of carbonyl (C=O) groups is 3. The minimum atomic E-state index is -0.785. The number of hydrogen-bond donors (Lipinski definition) is 0. The van der Waals surface area contributed by atoms with E-state index in [1.165, 1.54) is 180 Å². The second-order valence-corrected chi connectivity index (χ2v) is 18.9. The zero-order valence-corrected chi connectivity index (χ0v) is 43.3. The number of ether oxygens (including phenoxy) is 3. The SMILES string of the molecule is CC\C=C/C=C\C=C/C=C\CCCCCC(=O)OCC(COC(=O)CCCCCCCCCCCCCCCCCCCCC)OC(=O)CCCCCCCCCCCCCCCCC. The van der Waals surface area contributed by atoms with Gasteiger partial charge >= 0.3 is 17.9 Å². The van der Waals surface area contributed by atoms with Crippen molar-refractivity contribution in [2.75, 3.05) is 13.2 Å². The molecule has 0 aliphatic carbocycles. The summed E-state index contributed by atoms with van der Waals surface area (Å²) in [6, 6.07) is 0. The van der Waals surface area contributed by atoms with Crippen molar-refractivity contribution in [3.05, 3.63) is 48.6 Å². The molecule has 0 radical (unpaired) electrons.